The van der Waals surface area contributed by atoms with E-state index in [-0.39, 0.29) is 23.9 Å². The van der Waals surface area contributed by atoms with Crippen LogP contribution in [0.1, 0.15) is 11.5 Å². The van der Waals surface area contributed by atoms with Gasteiger partial charge in [-0.1, -0.05) is 30.3 Å². The lowest BCUT2D eigenvalue weighted by Gasteiger charge is -2.11. The first-order valence-electron chi connectivity index (χ1n) is 8.15. The minimum absolute atomic E-state index is 0.0497. The number of fused-ring (bicyclic) bond motifs is 2. The highest BCUT2D eigenvalue weighted by molar-refractivity contribution is 5.78. The van der Waals surface area contributed by atoms with Crippen molar-refractivity contribution in [2.75, 3.05) is 13.2 Å². The number of nitrogens with one attached hydrogen (secondary N) is 1. The van der Waals surface area contributed by atoms with Gasteiger partial charge in [-0.3, -0.25) is 14.2 Å². The fraction of sp³-hybridized carbons (Fsp3) is 0.211. The van der Waals surface area contributed by atoms with E-state index in [9.17, 15) is 9.59 Å². The molecule has 1 unspecified atom stereocenters. The first-order chi connectivity index (χ1) is 12.2. The standard InChI is InChI=1S/C19H17N3O3/c23-18(20-9-13-11-25-17-8-4-2-5-14(13)17)10-22-12-21-16-7-3-1-6-15(16)19(22)24/h1-8,12-13H,9-11H2,(H,20,23). The molecule has 1 aromatic heterocycles. The van der Waals surface area contributed by atoms with Gasteiger partial charge in [-0.05, 0) is 18.2 Å². The molecular formula is C19H17N3O3. The third-order valence-corrected chi connectivity index (χ3v) is 4.39. The van der Waals surface area contributed by atoms with Gasteiger partial charge in [-0.25, -0.2) is 4.98 Å². The van der Waals surface area contributed by atoms with Crippen molar-refractivity contribution in [3.8, 4) is 5.75 Å². The summed E-state index contributed by atoms with van der Waals surface area (Å²) in [6.07, 6.45) is 1.41. The van der Waals surface area contributed by atoms with Crippen LogP contribution in [0.4, 0.5) is 0 Å². The summed E-state index contributed by atoms with van der Waals surface area (Å²) in [5.41, 5.74) is 1.52. The third kappa shape index (κ3) is 2.98. The number of aromatic nitrogens is 2. The molecule has 0 fully saturated rings. The van der Waals surface area contributed by atoms with Crippen LogP contribution in [0.5, 0.6) is 5.75 Å². The Kier molecular flexibility index (Phi) is 3.93. The summed E-state index contributed by atoms with van der Waals surface area (Å²) >= 11 is 0. The van der Waals surface area contributed by atoms with Crippen molar-refractivity contribution in [2.24, 2.45) is 0 Å². The second-order valence-corrected chi connectivity index (χ2v) is 6.04. The first-order valence-corrected chi connectivity index (χ1v) is 8.15. The van der Waals surface area contributed by atoms with Gasteiger partial charge in [0, 0.05) is 18.0 Å². The second kappa shape index (κ2) is 6.39. The van der Waals surface area contributed by atoms with Gasteiger partial charge in [0.25, 0.3) is 5.56 Å². The molecule has 25 heavy (non-hydrogen) atoms. The summed E-state index contributed by atoms with van der Waals surface area (Å²) in [5, 5.41) is 3.39. The van der Waals surface area contributed by atoms with Crippen LogP contribution in [0.3, 0.4) is 0 Å². The van der Waals surface area contributed by atoms with Crippen molar-refractivity contribution in [1.29, 1.82) is 0 Å². The van der Waals surface area contributed by atoms with Gasteiger partial charge in [-0.15, -0.1) is 0 Å². The third-order valence-electron chi connectivity index (χ3n) is 4.39. The van der Waals surface area contributed by atoms with Gasteiger partial charge >= 0.3 is 0 Å². The Morgan fingerprint density at radius 1 is 1.20 bits per heavy atom. The molecule has 2 heterocycles. The first kappa shape index (κ1) is 15.4. The topological polar surface area (TPSA) is 73.2 Å². The molecule has 0 spiro atoms. The van der Waals surface area contributed by atoms with Crippen LogP contribution in [0.25, 0.3) is 10.9 Å². The molecule has 1 amide bonds. The molecule has 3 aromatic rings. The fourth-order valence-corrected chi connectivity index (χ4v) is 3.06. The Morgan fingerprint density at radius 2 is 2.00 bits per heavy atom. The van der Waals surface area contributed by atoms with Gasteiger partial charge in [0.05, 0.1) is 23.8 Å². The Balaban J connectivity index is 1.43. The Hall–Kier alpha value is -3.15. The van der Waals surface area contributed by atoms with Gasteiger partial charge in [0.2, 0.25) is 5.91 Å². The van der Waals surface area contributed by atoms with Gasteiger partial charge in [0.1, 0.15) is 12.3 Å². The summed E-state index contributed by atoms with van der Waals surface area (Å²) in [6.45, 7) is 0.981. The van der Waals surface area contributed by atoms with Gasteiger partial charge in [-0.2, -0.15) is 0 Å². The number of benzene rings is 2. The maximum absolute atomic E-state index is 12.4. The molecule has 0 saturated carbocycles. The highest BCUT2D eigenvalue weighted by atomic mass is 16.5. The minimum Gasteiger partial charge on any atom is -0.493 e. The van der Waals surface area contributed by atoms with Crippen LogP contribution in [0.2, 0.25) is 0 Å². The molecule has 4 rings (SSSR count). The molecule has 0 bridgehead atoms. The Labute approximate surface area is 144 Å². The SMILES string of the molecule is O=C(Cn1cnc2ccccc2c1=O)NCC1COc2ccccc21. The summed E-state index contributed by atoms with van der Waals surface area (Å²) in [6, 6.07) is 14.9. The van der Waals surface area contributed by atoms with Crippen molar-refractivity contribution in [2.45, 2.75) is 12.5 Å². The van der Waals surface area contributed by atoms with Crippen LogP contribution < -0.4 is 15.6 Å². The number of rotatable bonds is 4. The van der Waals surface area contributed by atoms with E-state index in [0.717, 1.165) is 11.3 Å². The Morgan fingerprint density at radius 3 is 2.92 bits per heavy atom. The summed E-state index contributed by atoms with van der Waals surface area (Å²) in [5.74, 6) is 0.784. The van der Waals surface area contributed by atoms with Crippen LogP contribution in [-0.4, -0.2) is 28.6 Å². The van der Waals surface area contributed by atoms with Crippen molar-refractivity contribution < 1.29 is 9.53 Å². The molecule has 126 valence electrons. The highest BCUT2D eigenvalue weighted by Gasteiger charge is 2.23. The lowest BCUT2D eigenvalue weighted by Crippen LogP contribution is -2.35. The van der Waals surface area contributed by atoms with E-state index in [1.54, 1.807) is 18.2 Å². The maximum atomic E-state index is 12.4. The number of hydrogen-bond acceptors (Lipinski definition) is 4. The molecule has 2 aromatic carbocycles. The zero-order valence-electron chi connectivity index (χ0n) is 13.5. The lowest BCUT2D eigenvalue weighted by atomic mass is 10.0. The quantitative estimate of drug-likeness (QED) is 0.787. The fourth-order valence-electron chi connectivity index (χ4n) is 3.06. The summed E-state index contributed by atoms with van der Waals surface area (Å²) < 4.78 is 6.94. The zero-order chi connectivity index (χ0) is 17.2. The van der Waals surface area contributed by atoms with Crippen molar-refractivity contribution in [1.82, 2.24) is 14.9 Å². The number of hydrogen-bond donors (Lipinski definition) is 1. The van der Waals surface area contributed by atoms with E-state index in [2.05, 4.69) is 10.3 Å². The Bertz CT molecular complexity index is 996. The molecule has 1 aliphatic heterocycles. The molecule has 6 heteroatoms. The molecule has 1 atom stereocenters. The largest absolute Gasteiger partial charge is 0.493 e. The maximum Gasteiger partial charge on any atom is 0.261 e. The minimum atomic E-state index is -0.219. The van der Waals surface area contributed by atoms with Gasteiger partial charge in [0.15, 0.2) is 0 Å². The summed E-state index contributed by atoms with van der Waals surface area (Å²) in [7, 11) is 0. The van der Waals surface area contributed by atoms with Crippen molar-refractivity contribution in [3.05, 3.63) is 70.8 Å². The van der Waals surface area contributed by atoms with E-state index >= 15 is 0 Å². The average molecular weight is 335 g/mol. The monoisotopic (exact) mass is 335 g/mol. The number of carbonyl (C=O) groups is 1. The van der Waals surface area contributed by atoms with Gasteiger partial charge < -0.3 is 10.1 Å². The van der Waals surface area contributed by atoms with E-state index in [1.807, 2.05) is 30.3 Å². The summed E-state index contributed by atoms with van der Waals surface area (Å²) in [4.78, 5) is 28.9. The van der Waals surface area contributed by atoms with Crippen LogP contribution in [0.15, 0.2) is 59.7 Å². The predicted molar refractivity (Wildman–Crippen MR) is 93.7 cm³/mol. The normalized spacial score (nSPS) is 15.6. The molecule has 0 radical (unpaired) electrons. The second-order valence-electron chi connectivity index (χ2n) is 6.04. The molecule has 1 N–H and O–H groups in total. The number of amides is 1. The molecule has 0 aliphatic carbocycles. The highest BCUT2D eigenvalue weighted by Crippen LogP contribution is 2.32. The predicted octanol–water partition coefficient (Wildman–Crippen LogP) is 1.69. The number of para-hydroxylation sites is 2. The molecular weight excluding hydrogens is 318 g/mol. The van der Waals surface area contributed by atoms with Crippen molar-refractivity contribution >= 4 is 16.8 Å². The molecule has 0 saturated heterocycles. The number of ether oxygens (including phenoxy) is 1. The lowest BCUT2D eigenvalue weighted by molar-refractivity contribution is -0.121. The van der Waals surface area contributed by atoms with E-state index in [4.69, 9.17) is 4.74 Å². The number of nitrogens with zero attached hydrogens (tertiary/aromatic N) is 2. The van der Waals surface area contributed by atoms with E-state index in [1.165, 1.54) is 10.9 Å². The van der Waals surface area contributed by atoms with E-state index in [0.29, 0.717) is 24.1 Å². The van der Waals surface area contributed by atoms with E-state index < -0.39 is 0 Å². The van der Waals surface area contributed by atoms with Crippen molar-refractivity contribution in [3.63, 3.8) is 0 Å². The van der Waals surface area contributed by atoms with Crippen LogP contribution >= 0.6 is 0 Å². The van der Waals surface area contributed by atoms with Crippen LogP contribution in [-0.2, 0) is 11.3 Å². The average Bonchev–Trinajstić information content (AvgIpc) is 3.06. The number of carbonyl (C=O) groups excluding carboxylic acids is 1. The molecule has 6 nitrogen and oxygen atoms in total. The smallest absolute Gasteiger partial charge is 0.261 e. The zero-order valence-corrected chi connectivity index (χ0v) is 13.5. The molecule has 1 aliphatic rings. The van der Waals surface area contributed by atoms with Crippen LogP contribution in [0, 0.1) is 0 Å².